The molecule has 57 heavy (non-hydrogen) atoms. The van der Waals surface area contributed by atoms with Gasteiger partial charge in [-0.1, -0.05) is 48.0 Å². The first kappa shape index (κ1) is 37.9. The summed E-state index contributed by atoms with van der Waals surface area (Å²) in [6.45, 7) is 7.59. The van der Waals surface area contributed by atoms with Gasteiger partial charge in [0, 0.05) is 50.2 Å². The van der Waals surface area contributed by atoms with Crippen LogP contribution in [0.25, 0.3) is 63.4 Å². The Labute approximate surface area is 339 Å². The number of hydrogen-bond acceptors (Lipinski definition) is 10. The standard InChI is InChI=1S/C23H17ClN4OS.C20H19FN4OS/c1-27(2)18-10-11-25-22-19(18)20-21(30-22)23(29)28(13-26-20)15-7-5-6-14(12-15)16-8-3-4-9-17(16)24;1-4-24(5-2)15-8-9-22-19-16(15)17-18(27-19)20(26)25(11-23-17)13-7-6-12(3)14(21)10-13/h3-13H,1-2H3;6-11H,4-5H2,1-3H3. The fraction of sp³-hybridized carbons (Fsp3) is 0.163. The van der Waals surface area contributed by atoms with Gasteiger partial charge in [-0.2, -0.15) is 0 Å². The van der Waals surface area contributed by atoms with Crippen molar-refractivity contribution in [1.82, 2.24) is 29.1 Å². The highest BCUT2D eigenvalue weighted by Gasteiger charge is 2.20. The summed E-state index contributed by atoms with van der Waals surface area (Å²) in [5, 5.41) is 2.49. The van der Waals surface area contributed by atoms with Gasteiger partial charge in [0.15, 0.2) is 0 Å². The topological polar surface area (TPSA) is 102 Å². The number of rotatable bonds is 7. The summed E-state index contributed by atoms with van der Waals surface area (Å²) in [5.74, 6) is -0.346. The van der Waals surface area contributed by atoms with Gasteiger partial charge in [-0.3, -0.25) is 18.7 Å². The summed E-state index contributed by atoms with van der Waals surface area (Å²) < 4.78 is 18.0. The van der Waals surface area contributed by atoms with Crippen LogP contribution >= 0.6 is 34.3 Å². The third kappa shape index (κ3) is 6.81. The number of pyridine rings is 2. The largest absolute Gasteiger partial charge is 0.377 e. The third-order valence-corrected chi connectivity index (χ3v) is 12.3. The van der Waals surface area contributed by atoms with Gasteiger partial charge < -0.3 is 9.80 Å². The van der Waals surface area contributed by atoms with Crippen molar-refractivity contribution in [2.24, 2.45) is 0 Å². The summed E-state index contributed by atoms with van der Waals surface area (Å²) in [4.78, 5) is 50.4. The molecule has 0 saturated heterocycles. The highest BCUT2D eigenvalue weighted by atomic mass is 35.5. The number of aromatic nitrogens is 6. The highest BCUT2D eigenvalue weighted by Crippen LogP contribution is 2.37. The molecule has 6 heterocycles. The summed E-state index contributed by atoms with van der Waals surface area (Å²) in [6.07, 6.45) is 6.59. The van der Waals surface area contributed by atoms with E-state index in [1.165, 1.54) is 39.6 Å². The average Bonchev–Trinajstić information content (AvgIpc) is 3.81. The Kier molecular flexibility index (Phi) is 10.3. The van der Waals surface area contributed by atoms with Crippen LogP contribution in [0.5, 0.6) is 0 Å². The number of halogens is 2. The van der Waals surface area contributed by atoms with Crippen molar-refractivity contribution < 1.29 is 4.39 Å². The minimum Gasteiger partial charge on any atom is -0.377 e. The first-order chi connectivity index (χ1) is 27.6. The Balaban J connectivity index is 0.000000161. The van der Waals surface area contributed by atoms with Gasteiger partial charge in [-0.05, 0) is 74.4 Å². The second kappa shape index (κ2) is 15.5. The maximum atomic E-state index is 13.9. The van der Waals surface area contributed by atoms with E-state index >= 15 is 0 Å². The van der Waals surface area contributed by atoms with Crippen molar-refractivity contribution in [2.75, 3.05) is 37.0 Å². The van der Waals surface area contributed by atoms with Crippen molar-refractivity contribution in [3.63, 3.8) is 0 Å². The second-order valence-electron chi connectivity index (χ2n) is 13.4. The van der Waals surface area contributed by atoms with Gasteiger partial charge in [-0.25, -0.2) is 24.3 Å². The van der Waals surface area contributed by atoms with E-state index in [0.29, 0.717) is 36.7 Å². The first-order valence-corrected chi connectivity index (χ1v) is 20.2. The van der Waals surface area contributed by atoms with Crippen molar-refractivity contribution in [2.45, 2.75) is 20.8 Å². The lowest BCUT2D eigenvalue weighted by molar-refractivity contribution is 0.617. The highest BCUT2D eigenvalue weighted by molar-refractivity contribution is 7.25. The minimum atomic E-state index is -0.346. The lowest BCUT2D eigenvalue weighted by atomic mass is 10.1. The zero-order valence-electron chi connectivity index (χ0n) is 31.7. The lowest BCUT2D eigenvalue weighted by Crippen LogP contribution is -2.22. The Hall–Kier alpha value is -6.02. The van der Waals surface area contributed by atoms with Crippen LogP contribution in [0.4, 0.5) is 15.8 Å². The second-order valence-corrected chi connectivity index (χ2v) is 15.9. The van der Waals surface area contributed by atoms with Crippen LogP contribution in [0.2, 0.25) is 5.02 Å². The van der Waals surface area contributed by atoms with Crippen molar-refractivity contribution >= 4 is 86.5 Å². The molecule has 3 aromatic carbocycles. The molecule has 14 heteroatoms. The van der Waals surface area contributed by atoms with Crippen LogP contribution in [0.3, 0.4) is 0 Å². The average molecular weight is 815 g/mol. The molecule has 286 valence electrons. The molecule has 0 bridgehead atoms. The molecule has 0 N–H and O–H groups in total. The van der Waals surface area contributed by atoms with Gasteiger partial charge in [0.1, 0.15) is 43.0 Å². The SMILES string of the molecule is CCN(CC)c1ccnc2sc3c(=O)n(-c4ccc(C)c(F)c4)cnc3c12.CN(C)c1ccnc2sc3c(=O)n(-c4cccc(-c5ccccc5Cl)c4)cnc3c12. The Morgan fingerprint density at radius 3 is 1.86 bits per heavy atom. The van der Waals surface area contributed by atoms with Crippen LogP contribution in [0.1, 0.15) is 19.4 Å². The maximum Gasteiger partial charge on any atom is 0.275 e. The molecule has 10 nitrogen and oxygen atoms in total. The van der Waals surface area contributed by atoms with Gasteiger partial charge in [0.2, 0.25) is 0 Å². The van der Waals surface area contributed by atoms with E-state index in [2.05, 4.69) is 38.7 Å². The Bertz CT molecular complexity index is 3100. The smallest absolute Gasteiger partial charge is 0.275 e. The fourth-order valence-corrected chi connectivity index (χ4v) is 9.23. The lowest BCUT2D eigenvalue weighted by Gasteiger charge is -2.21. The molecule has 0 spiro atoms. The van der Waals surface area contributed by atoms with E-state index in [1.54, 1.807) is 42.3 Å². The number of thiophene rings is 2. The van der Waals surface area contributed by atoms with Crippen molar-refractivity contribution in [3.8, 4) is 22.5 Å². The maximum absolute atomic E-state index is 13.9. The van der Waals surface area contributed by atoms with Crippen LogP contribution in [0, 0.1) is 12.7 Å². The minimum absolute atomic E-state index is 0.107. The number of fused-ring (bicyclic) bond motifs is 6. The van der Waals surface area contributed by atoms with Gasteiger partial charge in [-0.15, -0.1) is 22.7 Å². The Morgan fingerprint density at radius 1 is 0.702 bits per heavy atom. The van der Waals surface area contributed by atoms with Crippen molar-refractivity contribution in [1.29, 1.82) is 0 Å². The molecule has 9 aromatic rings. The predicted octanol–water partition coefficient (Wildman–Crippen LogP) is 9.67. The van der Waals surface area contributed by atoms with E-state index < -0.39 is 0 Å². The molecule has 0 radical (unpaired) electrons. The van der Waals surface area contributed by atoms with Crippen molar-refractivity contribution in [3.05, 3.63) is 141 Å². The van der Waals surface area contributed by atoms with Gasteiger partial charge in [0.25, 0.3) is 11.1 Å². The van der Waals surface area contributed by atoms with E-state index in [9.17, 15) is 14.0 Å². The molecule has 9 rings (SSSR count). The van der Waals surface area contributed by atoms with Crippen LogP contribution in [-0.4, -0.2) is 56.3 Å². The normalized spacial score (nSPS) is 11.4. The molecule has 0 atom stereocenters. The predicted molar refractivity (Wildman–Crippen MR) is 234 cm³/mol. The van der Waals surface area contributed by atoms with E-state index in [0.717, 1.165) is 61.7 Å². The zero-order chi connectivity index (χ0) is 40.0. The number of aryl methyl sites for hydroxylation is 1. The molecule has 0 aliphatic rings. The molecule has 0 unspecified atom stereocenters. The van der Waals surface area contributed by atoms with E-state index in [-0.39, 0.29) is 16.9 Å². The Morgan fingerprint density at radius 2 is 1.28 bits per heavy atom. The van der Waals surface area contributed by atoms with E-state index in [4.69, 9.17) is 11.6 Å². The molecular formula is C43H36ClFN8O2S2. The number of anilines is 2. The van der Waals surface area contributed by atoms with Crippen LogP contribution in [0.15, 0.2) is 114 Å². The molecule has 0 aliphatic carbocycles. The zero-order valence-corrected chi connectivity index (χ0v) is 34.1. The first-order valence-electron chi connectivity index (χ1n) is 18.2. The monoisotopic (exact) mass is 814 g/mol. The fourth-order valence-electron chi connectivity index (χ4n) is 6.89. The van der Waals surface area contributed by atoms with Gasteiger partial charge in [0.05, 0.1) is 39.0 Å². The molecule has 0 amide bonds. The molecule has 0 saturated carbocycles. The van der Waals surface area contributed by atoms with Crippen LogP contribution < -0.4 is 20.9 Å². The van der Waals surface area contributed by atoms with Crippen LogP contribution in [-0.2, 0) is 0 Å². The molecule has 0 aliphatic heterocycles. The number of benzene rings is 3. The summed E-state index contributed by atoms with van der Waals surface area (Å²) >= 11 is 9.07. The van der Waals surface area contributed by atoms with E-state index in [1.807, 2.05) is 79.7 Å². The molecule has 6 aromatic heterocycles. The molecular weight excluding hydrogens is 779 g/mol. The molecule has 0 fully saturated rings. The third-order valence-electron chi connectivity index (χ3n) is 9.85. The number of nitrogens with zero attached hydrogens (tertiary/aromatic N) is 8. The summed E-state index contributed by atoms with van der Waals surface area (Å²) in [6, 6.07) is 24.1. The summed E-state index contributed by atoms with van der Waals surface area (Å²) in [7, 11) is 3.94. The van der Waals surface area contributed by atoms with Gasteiger partial charge >= 0.3 is 0 Å². The summed E-state index contributed by atoms with van der Waals surface area (Å²) in [5.41, 5.74) is 6.66. The quantitative estimate of drug-likeness (QED) is 0.157. The number of hydrogen-bond donors (Lipinski definition) is 0.